The molecule has 0 saturated carbocycles. The van der Waals surface area contributed by atoms with E-state index < -0.39 is 6.09 Å². The lowest BCUT2D eigenvalue weighted by Crippen LogP contribution is -2.40. The number of carboxylic acid groups (broad SMARTS) is 1. The number of hydrogen-bond acceptors (Lipinski definition) is 4. The Morgan fingerprint density at radius 1 is 0.795 bits per heavy atom. The molecule has 4 atom stereocenters. The molecule has 2 N–H and O–H groups in total. The van der Waals surface area contributed by atoms with Gasteiger partial charge in [-0.25, -0.2) is 4.79 Å². The van der Waals surface area contributed by atoms with E-state index in [9.17, 15) is 9.90 Å². The lowest BCUT2D eigenvalue weighted by molar-refractivity contribution is 0.121. The summed E-state index contributed by atoms with van der Waals surface area (Å²) in [5.41, 5.74) is 9.92. The number of nitrogens with one attached hydrogen (secondary N) is 1. The van der Waals surface area contributed by atoms with Crippen molar-refractivity contribution < 1.29 is 9.90 Å². The molecule has 0 unspecified atom stereocenters. The van der Waals surface area contributed by atoms with Gasteiger partial charge in [0.1, 0.15) is 0 Å². The summed E-state index contributed by atoms with van der Waals surface area (Å²) in [6.07, 6.45) is 2.99. The van der Waals surface area contributed by atoms with Crippen molar-refractivity contribution in [2.75, 3.05) is 13.1 Å². The van der Waals surface area contributed by atoms with Crippen LogP contribution < -0.4 is 5.32 Å². The van der Waals surface area contributed by atoms with E-state index in [1.165, 1.54) is 32.8 Å². The van der Waals surface area contributed by atoms with Crippen molar-refractivity contribution >= 4 is 6.09 Å². The number of nitrogens with zero attached hydrogens (tertiary/aromatic N) is 5. The van der Waals surface area contributed by atoms with E-state index in [1.807, 2.05) is 67.9 Å². The Kier molecular flexibility index (Phi) is 7.32. The molecule has 0 spiro atoms. The van der Waals surface area contributed by atoms with Crippen LogP contribution in [-0.2, 0) is 14.1 Å². The van der Waals surface area contributed by atoms with E-state index in [0.29, 0.717) is 18.5 Å². The predicted octanol–water partition coefficient (Wildman–Crippen LogP) is 5.44. The van der Waals surface area contributed by atoms with Crippen molar-refractivity contribution in [3.05, 3.63) is 106 Å². The standard InChI is InChI=1S/C16H19N3O2.C15H19N3/c1-10-14(8-17-18(10)3)15-9-19(16(20)21)11(2)12-6-4-5-7-13(12)15;1-10-12-6-4-5-7-13(12)15(8-16-10)14-9-17-18(3)11(14)2/h4-8,11,15H,9H2,1-3H3,(H,20,21);4-7,9-10,15-16H,8H2,1-3H3/t11-,15-;10-,15-/m00/s1. The van der Waals surface area contributed by atoms with Gasteiger partial charge in [0, 0.05) is 67.6 Å². The van der Waals surface area contributed by atoms with Crippen LogP contribution in [0.5, 0.6) is 0 Å². The molecule has 0 aliphatic carbocycles. The second-order valence-electron chi connectivity index (χ2n) is 10.7. The van der Waals surface area contributed by atoms with Crippen LogP contribution in [0.25, 0.3) is 0 Å². The lowest BCUT2D eigenvalue weighted by Gasteiger charge is -2.38. The highest BCUT2D eigenvalue weighted by atomic mass is 16.4. The second-order valence-corrected chi connectivity index (χ2v) is 10.7. The van der Waals surface area contributed by atoms with Gasteiger partial charge >= 0.3 is 6.09 Å². The molecule has 2 aromatic heterocycles. The summed E-state index contributed by atoms with van der Waals surface area (Å²) in [6, 6.07) is 17.2. The fraction of sp³-hybridized carbons (Fsp3) is 0.387. The molecule has 4 aromatic rings. The van der Waals surface area contributed by atoms with Crippen LogP contribution in [0, 0.1) is 13.8 Å². The Balaban J connectivity index is 0.000000160. The van der Waals surface area contributed by atoms with E-state index in [0.717, 1.165) is 23.4 Å². The Labute approximate surface area is 230 Å². The maximum atomic E-state index is 11.5. The molecule has 2 aromatic carbocycles. The average molecular weight is 527 g/mol. The highest BCUT2D eigenvalue weighted by Crippen LogP contribution is 2.40. The maximum Gasteiger partial charge on any atom is 0.407 e. The number of rotatable bonds is 2. The first-order chi connectivity index (χ1) is 18.7. The van der Waals surface area contributed by atoms with Crippen molar-refractivity contribution in [3.8, 4) is 0 Å². The summed E-state index contributed by atoms with van der Waals surface area (Å²) in [5, 5.41) is 21.7. The van der Waals surface area contributed by atoms with Crippen molar-refractivity contribution in [2.24, 2.45) is 14.1 Å². The second kappa shape index (κ2) is 10.7. The summed E-state index contributed by atoms with van der Waals surface area (Å²) in [4.78, 5) is 13.1. The zero-order valence-corrected chi connectivity index (χ0v) is 23.6. The Hall–Kier alpha value is -3.91. The Bertz CT molecular complexity index is 1490. The number of carbonyl (C=O) groups is 1. The summed E-state index contributed by atoms with van der Waals surface area (Å²) in [6.45, 7) is 9.80. The number of aromatic nitrogens is 4. The van der Waals surface area contributed by atoms with Crippen LogP contribution in [0.1, 0.15) is 82.5 Å². The molecule has 0 saturated heterocycles. The Morgan fingerprint density at radius 2 is 1.28 bits per heavy atom. The number of hydrogen-bond donors (Lipinski definition) is 2. The van der Waals surface area contributed by atoms with E-state index in [2.05, 4.69) is 59.7 Å². The van der Waals surface area contributed by atoms with Gasteiger partial charge in [-0.05, 0) is 49.9 Å². The third-order valence-corrected chi connectivity index (χ3v) is 8.68. The predicted molar refractivity (Wildman–Crippen MR) is 152 cm³/mol. The van der Waals surface area contributed by atoms with Crippen LogP contribution >= 0.6 is 0 Å². The molecule has 8 heteroatoms. The van der Waals surface area contributed by atoms with E-state index >= 15 is 0 Å². The van der Waals surface area contributed by atoms with Crippen molar-refractivity contribution in [1.29, 1.82) is 0 Å². The summed E-state index contributed by atoms with van der Waals surface area (Å²) < 4.78 is 3.79. The number of fused-ring (bicyclic) bond motifs is 2. The van der Waals surface area contributed by atoms with Gasteiger partial charge in [0.15, 0.2) is 0 Å². The first kappa shape index (κ1) is 26.7. The molecule has 0 bridgehead atoms. The number of amides is 1. The van der Waals surface area contributed by atoms with E-state index in [4.69, 9.17) is 0 Å². The van der Waals surface area contributed by atoms with E-state index in [-0.39, 0.29) is 12.0 Å². The van der Waals surface area contributed by atoms with Gasteiger partial charge in [-0.3, -0.25) is 9.36 Å². The Morgan fingerprint density at radius 3 is 1.79 bits per heavy atom. The normalized spacial score (nSPS) is 21.9. The van der Waals surface area contributed by atoms with Gasteiger partial charge in [-0.2, -0.15) is 10.2 Å². The van der Waals surface area contributed by atoms with Gasteiger partial charge in [0.25, 0.3) is 0 Å². The smallest absolute Gasteiger partial charge is 0.407 e. The molecule has 8 nitrogen and oxygen atoms in total. The monoisotopic (exact) mass is 526 g/mol. The zero-order valence-electron chi connectivity index (χ0n) is 23.6. The number of benzene rings is 2. The minimum atomic E-state index is -0.872. The molecule has 4 heterocycles. The van der Waals surface area contributed by atoms with Gasteiger partial charge in [0.05, 0.1) is 18.4 Å². The molecule has 0 radical (unpaired) electrons. The summed E-state index contributed by atoms with van der Waals surface area (Å²) >= 11 is 0. The van der Waals surface area contributed by atoms with Gasteiger partial charge in [-0.1, -0.05) is 48.5 Å². The van der Waals surface area contributed by atoms with Gasteiger partial charge in [0.2, 0.25) is 0 Å². The van der Waals surface area contributed by atoms with Crippen molar-refractivity contribution in [3.63, 3.8) is 0 Å². The molecule has 1 amide bonds. The topological polar surface area (TPSA) is 88.2 Å². The third kappa shape index (κ3) is 4.85. The fourth-order valence-electron chi connectivity index (χ4n) is 6.07. The average Bonchev–Trinajstić information content (AvgIpc) is 3.45. The fourth-order valence-corrected chi connectivity index (χ4v) is 6.07. The highest BCUT2D eigenvalue weighted by Gasteiger charge is 2.35. The first-order valence-electron chi connectivity index (χ1n) is 13.6. The highest BCUT2D eigenvalue weighted by molar-refractivity contribution is 5.67. The van der Waals surface area contributed by atoms with Gasteiger partial charge in [-0.15, -0.1) is 0 Å². The molecule has 39 heavy (non-hydrogen) atoms. The molecule has 2 aliphatic rings. The molecular formula is C31H38N6O2. The van der Waals surface area contributed by atoms with Gasteiger partial charge < -0.3 is 15.3 Å². The van der Waals surface area contributed by atoms with Crippen molar-refractivity contribution in [2.45, 2.75) is 51.6 Å². The van der Waals surface area contributed by atoms with Crippen molar-refractivity contribution in [1.82, 2.24) is 29.8 Å². The molecule has 0 fully saturated rings. The minimum absolute atomic E-state index is 0.0437. The zero-order chi connectivity index (χ0) is 27.8. The van der Waals surface area contributed by atoms with Crippen LogP contribution in [0.4, 0.5) is 4.79 Å². The molecular weight excluding hydrogens is 488 g/mol. The minimum Gasteiger partial charge on any atom is -0.465 e. The largest absolute Gasteiger partial charge is 0.465 e. The quantitative estimate of drug-likeness (QED) is 0.363. The first-order valence-corrected chi connectivity index (χ1v) is 13.6. The van der Waals surface area contributed by atoms with Crippen LogP contribution in [0.2, 0.25) is 0 Å². The van der Waals surface area contributed by atoms with Crippen LogP contribution in [-0.4, -0.2) is 48.8 Å². The molecule has 6 rings (SSSR count). The number of aryl methyl sites for hydroxylation is 2. The van der Waals surface area contributed by atoms with Crippen LogP contribution in [0.3, 0.4) is 0 Å². The summed E-state index contributed by atoms with van der Waals surface area (Å²) in [7, 11) is 3.91. The molecule has 204 valence electrons. The SMILES string of the molecule is Cc1c([C@H]2CN(C(=O)O)[C@@H](C)c3ccccc32)cnn1C.Cc1c([C@H]2CN[C@@H](C)c3ccccc32)cnn1C. The summed E-state index contributed by atoms with van der Waals surface area (Å²) in [5.74, 6) is 0.466. The lowest BCUT2D eigenvalue weighted by atomic mass is 9.82. The maximum absolute atomic E-state index is 11.5. The third-order valence-electron chi connectivity index (χ3n) is 8.68. The van der Waals surface area contributed by atoms with Crippen LogP contribution in [0.15, 0.2) is 60.9 Å². The van der Waals surface area contributed by atoms with E-state index in [1.54, 1.807) is 0 Å². The molecule has 2 aliphatic heterocycles.